The molecule has 138 valence electrons. The van der Waals surface area contributed by atoms with E-state index in [4.69, 9.17) is 0 Å². The predicted octanol–water partition coefficient (Wildman–Crippen LogP) is 3.27. The molecule has 1 aliphatic heterocycles. The van der Waals surface area contributed by atoms with Crippen LogP contribution in [0.2, 0.25) is 0 Å². The Kier molecular flexibility index (Phi) is 5.50. The average molecular weight is 437 g/mol. The molecule has 0 spiro atoms. The monoisotopic (exact) mass is 436 g/mol. The third-order valence-electron chi connectivity index (χ3n) is 4.66. The van der Waals surface area contributed by atoms with Gasteiger partial charge in [-0.1, -0.05) is 28.1 Å². The van der Waals surface area contributed by atoms with Crippen molar-refractivity contribution in [3.63, 3.8) is 0 Å². The first-order chi connectivity index (χ1) is 12.3. The van der Waals surface area contributed by atoms with Crippen molar-refractivity contribution in [3.8, 4) is 0 Å². The van der Waals surface area contributed by atoms with Crippen molar-refractivity contribution in [1.29, 1.82) is 0 Å². The number of halogens is 1. The number of anilines is 1. The number of carbonyl (C=O) groups is 1. The molecule has 0 saturated carbocycles. The number of amides is 1. The molecule has 0 aromatic heterocycles. The Morgan fingerprint density at radius 2 is 1.92 bits per heavy atom. The van der Waals surface area contributed by atoms with E-state index in [0.29, 0.717) is 12.8 Å². The summed E-state index contributed by atoms with van der Waals surface area (Å²) >= 11 is 3.48. The summed E-state index contributed by atoms with van der Waals surface area (Å²) in [6.07, 6.45) is 1.82. The lowest BCUT2D eigenvalue weighted by molar-refractivity contribution is -0.118. The minimum absolute atomic E-state index is 0.0884. The van der Waals surface area contributed by atoms with E-state index in [9.17, 15) is 13.2 Å². The van der Waals surface area contributed by atoms with Crippen LogP contribution in [0.15, 0.2) is 51.8 Å². The lowest BCUT2D eigenvalue weighted by atomic mass is 10.1. The van der Waals surface area contributed by atoms with Gasteiger partial charge < -0.3 is 4.90 Å². The molecule has 26 heavy (non-hydrogen) atoms. The molecule has 5 nitrogen and oxygen atoms in total. The van der Waals surface area contributed by atoms with Gasteiger partial charge in [-0.25, -0.2) is 13.1 Å². The Hall–Kier alpha value is -1.70. The van der Waals surface area contributed by atoms with Crippen molar-refractivity contribution < 1.29 is 13.2 Å². The van der Waals surface area contributed by atoms with Gasteiger partial charge in [0.15, 0.2) is 0 Å². The van der Waals surface area contributed by atoms with Crippen molar-refractivity contribution in [1.82, 2.24) is 4.72 Å². The van der Waals surface area contributed by atoms with Crippen LogP contribution < -0.4 is 9.62 Å². The summed E-state index contributed by atoms with van der Waals surface area (Å²) in [7, 11) is -2.05. The van der Waals surface area contributed by atoms with E-state index in [2.05, 4.69) is 33.6 Å². The third-order valence-corrected chi connectivity index (χ3v) is 6.58. The Morgan fingerprint density at radius 1 is 1.23 bits per heavy atom. The van der Waals surface area contributed by atoms with Crippen molar-refractivity contribution in [2.24, 2.45) is 0 Å². The van der Waals surface area contributed by atoms with Crippen molar-refractivity contribution in [2.75, 3.05) is 11.9 Å². The molecule has 0 saturated heterocycles. The van der Waals surface area contributed by atoms with E-state index in [1.165, 1.54) is 12.6 Å². The summed E-state index contributed by atoms with van der Waals surface area (Å²) in [5.41, 5.74) is 3.11. The van der Waals surface area contributed by atoms with E-state index in [1.807, 2.05) is 17.0 Å². The highest BCUT2D eigenvalue weighted by atomic mass is 79.9. The van der Waals surface area contributed by atoms with Crippen LogP contribution in [-0.4, -0.2) is 27.4 Å². The number of rotatable bonds is 5. The highest BCUT2D eigenvalue weighted by Crippen LogP contribution is 2.34. The van der Waals surface area contributed by atoms with Gasteiger partial charge in [-0.3, -0.25) is 4.79 Å². The van der Waals surface area contributed by atoms with Gasteiger partial charge >= 0.3 is 0 Å². The van der Waals surface area contributed by atoms with Gasteiger partial charge in [0.05, 0.1) is 4.90 Å². The lowest BCUT2D eigenvalue weighted by Crippen LogP contribution is -2.35. The summed E-state index contributed by atoms with van der Waals surface area (Å²) in [4.78, 5) is 14.9. The zero-order chi connectivity index (χ0) is 18.9. The van der Waals surface area contributed by atoms with Crippen LogP contribution in [0.1, 0.15) is 24.5 Å². The second kappa shape index (κ2) is 7.50. The van der Waals surface area contributed by atoms with E-state index >= 15 is 0 Å². The average Bonchev–Trinajstić information content (AvgIpc) is 2.94. The van der Waals surface area contributed by atoms with Gasteiger partial charge in [0.1, 0.15) is 0 Å². The standard InChI is InChI=1S/C19H21BrN2O3S/c1-13-11-15-12-16(20)6-9-18(15)22(13)19(23)10-5-14-3-7-17(8-4-14)26(24,25)21-2/h3-4,6-9,12-13,21H,5,10-11H2,1-2H3/t13-/m1/s1. The highest BCUT2D eigenvalue weighted by molar-refractivity contribution is 9.10. The molecule has 0 radical (unpaired) electrons. The van der Waals surface area contributed by atoms with E-state index in [0.717, 1.165) is 22.1 Å². The fourth-order valence-electron chi connectivity index (χ4n) is 3.30. The summed E-state index contributed by atoms with van der Waals surface area (Å²) in [5, 5.41) is 0. The van der Waals surface area contributed by atoms with Crippen LogP contribution >= 0.6 is 15.9 Å². The first-order valence-corrected chi connectivity index (χ1v) is 10.7. The summed E-state index contributed by atoms with van der Waals surface area (Å²) in [6.45, 7) is 2.06. The summed E-state index contributed by atoms with van der Waals surface area (Å²) in [6, 6.07) is 12.8. The quantitative estimate of drug-likeness (QED) is 0.781. The minimum atomic E-state index is -3.43. The summed E-state index contributed by atoms with van der Waals surface area (Å²) < 4.78 is 26.8. The molecule has 2 aromatic carbocycles. The number of aryl methyl sites for hydroxylation is 1. The Balaban J connectivity index is 1.68. The van der Waals surface area contributed by atoms with Gasteiger partial charge in [-0.2, -0.15) is 0 Å². The number of hydrogen-bond acceptors (Lipinski definition) is 3. The van der Waals surface area contributed by atoms with Crippen LogP contribution in [0.3, 0.4) is 0 Å². The molecule has 1 N–H and O–H groups in total. The third kappa shape index (κ3) is 3.84. The molecule has 0 bridgehead atoms. The molecule has 1 heterocycles. The number of fused-ring (bicyclic) bond motifs is 1. The molecule has 1 amide bonds. The van der Waals surface area contributed by atoms with Gasteiger partial charge in [0.25, 0.3) is 0 Å². The first kappa shape index (κ1) is 19.1. The largest absolute Gasteiger partial charge is 0.309 e. The van der Waals surface area contributed by atoms with Crippen LogP contribution in [0.5, 0.6) is 0 Å². The van der Waals surface area contributed by atoms with Crippen molar-refractivity contribution >= 4 is 37.5 Å². The number of hydrogen-bond donors (Lipinski definition) is 1. The maximum absolute atomic E-state index is 12.8. The van der Waals surface area contributed by atoms with E-state index < -0.39 is 10.0 Å². The Labute approximate surface area is 162 Å². The highest BCUT2D eigenvalue weighted by Gasteiger charge is 2.30. The van der Waals surface area contributed by atoms with Crippen LogP contribution in [-0.2, 0) is 27.7 Å². The SMILES string of the molecule is CNS(=O)(=O)c1ccc(CCC(=O)N2c3ccc(Br)cc3C[C@H]2C)cc1. The molecule has 0 fully saturated rings. The van der Waals surface area contributed by atoms with Crippen LogP contribution in [0.4, 0.5) is 5.69 Å². The summed E-state index contributed by atoms with van der Waals surface area (Å²) in [5.74, 6) is 0.0884. The molecule has 0 aliphatic carbocycles. The molecule has 1 aliphatic rings. The first-order valence-electron chi connectivity index (χ1n) is 8.45. The molecule has 1 atom stereocenters. The van der Waals surface area contributed by atoms with Crippen LogP contribution in [0.25, 0.3) is 0 Å². The number of sulfonamides is 1. The number of benzene rings is 2. The van der Waals surface area contributed by atoms with Gasteiger partial charge in [-0.05, 0) is 68.3 Å². The van der Waals surface area contributed by atoms with Crippen LogP contribution in [0, 0.1) is 0 Å². The second-order valence-electron chi connectivity index (χ2n) is 6.44. The predicted molar refractivity (Wildman–Crippen MR) is 106 cm³/mol. The van der Waals surface area contributed by atoms with Gasteiger partial charge in [-0.15, -0.1) is 0 Å². The fourth-order valence-corrected chi connectivity index (χ4v) is 4.44. The lowest BCUT2D eigenvalue weighted by Gasteiger charge is -2.23. The Bertz CT molecular complexity index is 926. The fraction of sp³-hybridized carbons (Fsp3) is 0.316. The van der Waals surface area contributed by atoms with E-state index in [-0.39, 0.29) is 16.8 Å². The number of nitrogens with zero attached hydrogens (tertiary/aromatic N) is 1. The Morgan fingerprint density at radius 3 is 2.58 bits per heavy atom. The smallest absolute Gasteiger partial charge is 0.240 e. The van der Waals surface area contributed by atoms with Gasteiger partial charge in [0, 0.05) is 22.6 Å². The van der Waals surface area contributed by atoms with Crippen molar-refractivity contribution in [2.45, 2.75) is 37.1 Å². The maximum Gasteiger partial charge on any atom is 0.240 e. The molecular weight excluding hydrogens is 416 g/mol. The van der Waals surface area contributed by atoms with E-state index in [1.54, 1.807) is 24.3 Å². The normalized spacial score (nSPS) is 16.6. The van der Waals surface area contributed by atoms with Crippen molar-refractivity contribution in [3.05, 3.63) is 58.1 Å². The number of nitrogens with one attached hydrogen (secondary N) is 1. The molecule has 0 unspecified atom stereocenters. The molecule has 3 rings (SSSR count). The minimum Gasteiger partial charge on any atom is -0.309 e. The second-order valence-corrected chi connectivity index (χ2v) is 9.24. The zero-order valence-corrected chi connectivity index (χ0v) is 17.1. The topological polar surface area (TPSA) is 66.5 Å². The molecule has 2 aromatic rings. The zero-order valence-electron chi connectivity index (χ0n) is 14.7. The maximum atomic E-state index is 12.8. The number of carbonyl (C=O) groups excluding carboxylic acids is 1. The molecular formula is C19H21BrN2O3S. The molecule has 7 heteroatoms. The van der Waals surface area contributed by atoms with Gasteiger partial charge in [0.2, 0.25) is 15.9 Å².